The smallest absolute Gasteiger partial charge is 0.236 e. The summed E-state index contributed by atoms with van der Waals surface area (Å²) in [6, 6.07) is 6.70. The topological polar surface area (TPSA) is 64.4 Å². The first kappa shape index (κ1) is 17.0. The van der Waals surface area contributed by atoms with Crippen molar-refractivity contribution in [1.29, 1.82) is 0 Å². The van der Waals surface area contributed by atoms with Crippen molar-refractivity contribution >= 4 is 29.9 Å². The average molecular weight is 293 g/mol. The molecule has 0 heterocycles. The summed E-state index contributed by atoms with van der Waals surface area (Å²) in [6.45, 7) is 3.88. The molecule has 0 aliphatic rings. The van der Waals surface area contributed by atoms with Crippen LogP contribution in [0.3, 0.4) is 0 Å². The summed E-state index contributed by atoms with van der Waals surface area (Å²) in [5.41, 5.74) is 5.42. The average Bonchev–Trinajstić information content (AvgIpc) is 2.29. The fourth-order valence-electron chi connectivity index (χ4n) is 1.20. The highest BCUT2D eigenvalue weighted by atomic mass is 35.5. The number of nitrogens with one attached hydrogen (secondary N) is 1. The van der Waals surface area contributed by atoms with Gasteiger partial charge in [0.1, 0.15) is 11.9 Å². The minimum Gasteiger partial charge on any atom is -0.487 e. The first-order chi connectivity index (χ1) is 8.00. The number of hydrogen-bond donors (Lipinski definition) is 2. The second-order valence-corrected chi connectivity index (χ2v) is 4.30. The van der Waals surface area contributed by atoms with Crippen molar-refractivity contribution in [3.05, 3.63) is 29.3 Å². The summed E-state index contributed by atoms with van der Waals surface area (Å²) in [7, 11) is 0. The van der Waals surface area contributed by atoms with Crippen molar-refractivity contribution < 1.29 is 9.53 Å². The van der Waals surface area contributed by atoms with E-state index >= 15 is 0 Å². The number of rotatable bonds is 5. The van der Waals surface area contributed by atoms with E-state index in [0.717, 1.165) is 0 Å². The zero-order chi connectivity index (χ0) is 12.8. The molecule has 1 rings (SSSR count). The molecule has 102 valence electrons. The molecule has 1 amide bonds. The summed E-state index contributed by atoms with van der Waals surface area (Å²) >= 11 is 5.95. The van der Waals surface area contributed by atoms with Gasteiger partial charge >= 0.3 is 0 Å². The van der Waals surface area contributed by atoms with E-state index in [1.807, 2.05) is 19.1 Å². The van der Waals surface area contributed by atoms with Crippen molar-refractivity contribution in [3.8, 4) is 5.75 Å². The maximum Gasteiger partial charge on any atom is 0.236 e. The van der Waals surface area contributed by atoms with Crippen LogP contribution in [0.15, 0.2) is 24.3 Å². The maximum absolute atomic E-state index is 11.2. The number of benzene rings is 1. The Morgan fingerprint density at radius 3 is 2.61 bits per heavy atom. The second-order valence-electron chi connectivity index (χ2n) is 3.89. The van der Waals surface area contributed by atoms with E-state index < -0.39 is 6.04 Å². The zero-order valence-corrected chi connectivity index (χ0v) is 11.9. The highest BCUT2D eigenvalue weighted by molar-refractivity contribution is 6.32. The van der Waals surface area contributed by atoms with Gasteiger partial charge in [0.25, 0.3) is 0 Å². The van der Waals surface area contributed by atoms with Gasteiger partial charge in [-0.1, -0.05) is 23.7 Å². The second kappa shape index (κ2) is 8.19. The molecule has 0 aromatic heterocycles. The van der Waals surface area contributed by atoms with Crippen LogP contribution < -0.4 is 15.8 Å². The van der Waals surface area contributed by atoms with Crippen LogP contribution in [0.4, 0.5) is 0 Å². The fourth-order valence-corrected chi connectivity index (χ4v) is 1.38. The van der Waals surface area contributed by atoms with E-state index in [0.29, 0.717) is 17.3 Å². The van der Waals surface area contributed by atoms with Crippen molar-refractivity contribution in [3.63, 3.8) is 0 Å². The quantitative estimate of drug-likeness (QED) is 0.872. The van der Waals surface area contributed by atoms with Gasteiger partial charge in [-0.3, -0.25) is 4.79 Å². The van der Waals surface area contributed by atoms with E-state index in [4.69, 9.17) is 22.1 Å². The highest BCUT2D eigenvalue weighted by Crippen LogP contribution is 2.23. The number of ether oxygens (including phenoxy) is 1. The van der Waals surface area contributed by atoms with E-state index in [9.17, 15) is 4.79 Å². The van der Waals surface area contributed by atoms with Gasteiger partial charge in [-0.25, -0.2) is 0 Å². The third-order valence-corrected chi connectivity index (χ3v) is 2.45. The number of carbonyl (C=O) groups excluding carboxylic acids is 1. The Hall–Kier alpha value is -0.970. The predicted octanol–water partition coefficient (Wildman–Crippen LogP) is 1.99. The highest BCUT2D eigenvalue weighted by Gasteiger charge is 2.10. The number of amides is 1. The van der Waals surface area contributed by atoms with Gasteiger partial charge in [0.05, 0.1) is 17.6 Å². The van der Waals surface area contributed by atoms with Crippen molar-refractivity contribution in [2.24, 2.45) is 5.73 Å². The molecule has 0 fully saturated rings. The van der Waals surface area contributed by atoms with Crippen LogP contribution in [0, 0.1) is 0 Å². The predicted molar refractivity (Wildman–Crippen MR) is 75.4 cm³/mol. The lowest BCUT2D eigenvalue weighted by atomic mass is 10.3. The molecule has 1 aromatic carbocycles. The molecule has 0 aliphatic carbocycles. The number of carbonyl (C=O) groups is 1. The largest absolute Gasteiger partial charge is 0.487 e. The standard InChI is InChI=1S/C12H17ClN2O2.ClH/c1-8(7-15-12(16)9(2)14)17-11-6-4-3-5-10(11)13;/h3-6,8-9H,7,14H2,1-2H3,(H,15,16);1H/t8?,9-;/m0./s1. The van der Waals surface area contributed by atoms with E-state index in [1.54, 1.807) is 19.1 Å². The zero-order valence-electron chi connectivity index (χ0n) is 10.4. The van der Waals surface area contributed by atoms with Gasteiger partial charge in [0.15, 0.2) is 0 Å². The molecule has 0 radical (unpaired) electrons. The number of hydrogen-bond acceptors (Lipinski definition) is 3. The summed E-state index contributed by atoms with van der Waals surface area (Å²) in [5, 5.41) is 3.24. The molecule has 4 nitrogen and oxygen atoms in total. The molecule has 1 aromatic rings. The minimum absolute atomic E-state index is 0. The van der Waals surface area contributed by atoms with E-state index in [1.165, 1.54) is 0 Å². The normalized spacial score (nSPS) is 13.1. The van der Waals surface area contributed by atoms with Crippen molar-refractivity contribution in [2.75, 3.05) is 6.54 Å². The number of para-hydroxylation sites is 1. The summed E-state index contributed by atoms with van der Waals surface area (Å²) in [6.07, 6.45) is -0.169. The van der Waals surface area contributed by atoms with Gasteiger partial charge in [-0.05, 0) is 26.0 Å². The Morgan fingerprint density at radius 1 is 1.44 bits per heavy atom. The van der Waals surface area contributed by atoms with Crippen LogP contribution in [0.5, 0.6) is 5.75 Å². The summed E-state index contributed by atoms with van der Waals surface area (Å²) in [4.78, 5) is 11.2. The van der Waals surface area contributed by atoms with Gasteiger partial charge in [0, 0.05) is 0 Å². The van der Waals surface area contributed by atoms with Crippen LogP contribution in [0.1, 0.15) is 13.8 Å². The maximum atomic E-state index is 11.2. The van der Waals surface area contributed by atoms with Crippen LogP contribution >= 0.6 is 24.0 Å². The van der Waals surface area contributed by atoms with Crippen LogP contribution in [0.2, 0.25) is 5.02 Å². The number of halogens is 2. The number of nitrogens with two attached hydrogens (primary N) is 1. The Morgan fingerprint density at radius 2 is 2.06 bits per heavy atom. The van der Waals surface area contributed by atoms with E-state index in [2.05, 4.69) is 5.32 Å². The molecule has 18 heavy (non-hydrogen) atoms. The minimum atomic E-state index is -0.512. The van der Waals surface area contributed by atoms with Crippen molar-refractivity contribution in [1.82, 2.24) is 5.32 Å². The monoisotopic (exact) mass is 292 g/mol. The van der Waals surface area contributed by atoms with E-state index in [-0.39, 0.29) is 24.4 Å². The molecule has 3 N–H and O–H groups in total. The molecule has 0 saturated heterocycles. The SMILES string of the molecule is CC(CNC(=O)[C@H](C)N)Oc1ccccc1Cl.Cl. The lowest BCUT2D eigenvalue weighted by Gasteiger charge is -2.17. The fraction of sp³-hybridized carbons (Fsp3) is 0.417. The lowest BCUT2D eigenvalue weighted by Crippen LogP contribution is -2.42. The van der Waals surface area contributed by atoms with Crippen LogP contribution in [0.25, 0.3) is 0 Å². The van der Waals surface area contributed by atoms with Gasteiger partial charge in [-0.15, -0.1) is 12.4 Å². The Balaban J connectivity index is 0.00000289. The Labute approximate surface area is 118 Å². The van der Waals surface area contributed by atoms with Gasteiger partial charge < -0.3 is 15.8 Å². The molecular weight excluding hydrogens is 275 g/mol. The van der Waals surface area contributed by atoms with Crippen LogP contribution in [-0.2, 0) is 4.79 Å². The summed E-state index contributed by atoms with van der Waals surface area (Å²) < 4.78 is 5.59. The third kappa shape index (κ3) is 5.58. The molecule has 0 bridgehead atoms. The van der Waals surface area contributed by atoms with Gasteiger partial charge in [0.2, 0.25) is 5.91 Å². The molecule has 0 saturated carbocycles. The first-order valence-corrected chi connectivity index (χ1v) is 5.83. The first-order valence-electron chi connectivity index (χ1n) is 5.45. The van der Waals surface area contributed by atoms with Gasteiger partial charge in [-0.2, -0.15) is 0 Å². The van der Waals surface area contributed by atoms with Crippen molar-refractivity contribution in [2.45, 2.75) is 26.0 Å². The molecule has 2 atom stereocenters. The molecule has 6 heteroatoms. The molecule has 0 spiro atoms. The molecular formula is C12H18Cl2N2O2. The lowest BCUT2D eigenvalue weighted by molar-refractivity contribution is -0.122. The Bertz CT molecular complexity index is 386. The summed E-state index contributed by atoms with van der Waals surface area (Å²) in [5.74, 6) is 0.413. The molecule has 1 unspecified atom stereocenters. The third-order valence-electron chi connectivity index (χ3n) is 2.14. The Kier molecular flexibility index (Phi) is 7.75. The van der Waals surface area contributed by atoms with Crippen LogP contribution in [-0.4, -0.2) is 24.6 Å². The molecule has 0 aliphatic heterocycles.